The van der Waals surface area contributed by atoms with Gasteiger partial charge in [0.25, 0.3) is 0 Å². The highest BCUT2D eigenvalue weighted by Gasteiger charge is 2.52. The second kappa shape index (κ2) is 26.3. The number of hydrogen-bond donors (Lipinski definition) is 3. The van der Waals surface area contributed by atoms with E-state index < -0.39 is 134 Å². The van der Waals surface area contributed by atoms with Crippen LogP contribution in [-0.2, 0) is 71.3 Å². The fourth-order valence-corrected chi connectivity index (χ4v) is 8.86. The Morgan fingerprint density at radius 2 is 1.47 bits per heavy atom. The number of ether oxygens (including phenoxy) is 11. The molecule has 19 nitrogen and oxygen atoms in total. The van der Waals surface area contributed by atoms with Gasteiger partial charge in [0.05, 0.1) is 43.5 Å². The number of hydrogen-bond acceptors (Lipinski definition) is 18. The minimum Gasteiger partial charge on any atom is -0.462 e. The van der Waals surface area contributed by atoms with Gasteiger partial charge < -0.3 is 67.6 Å². The van der Waals surface area contributed by atoms with Gasteiger partial charge in [-0.3, -0.25) is 24.1 Å². The number of carbonyl (C=O) groups excluding carboxylic acids is 4. The van der Waals surface area contributed by atoms with Crippen molar-refractivity contribution in [3.05, 3.63) is 23.8 Å². The van der Waals surface area contributed by atoms with Crippen LogP contribution < -0.4 is 5.32 Å². The average molecular weight is 917 g/mol. The number of carbonyl (C=O) groups is 4. The van der Waals surface area contributed by atoms with E-state index in [4.69, 9.17) is 52.1 Å². The van der Waals surface area contributed by atoms with Crippen molar-refractivity contribution in [1.29, 1.82) is 0 Å². The van der Waals surface area contributed by atoms with Crippen LogP contribution in [0, 0.1) is 17.8 Å². The van der Waals surface area contributed by atoms with Crippen LogP contribution in [0.15, 0.2) is 23.8 Å². The van der Waals surface area contributed by atoms with Crippen LogP contribution in [0.4, 0.5) is 0 Å². The van der Waals surface area contributed by atoms with E-state index in [0.29, 0.717) is 12.0 Å². The number of nitrogens with one attached hydrogen (secondary N) is 1. The van der Waals surface area contributed by atoms with Gasteiger partial charge in [-0.05, 0) is 60.5 Å². The van der Waals surface area contributed by atoms with Crippen molar-refractivity contribution in [1.82, 2.24) is 10.2 Å². The van der Waals surface area contributed by atoms with Crippen LogP contribution in [0.1, 0.15) is 81.1 Å². The number of aliphatic hydroxyl groups is 2. The summed E-state index contributed by atoms with van der Waals surface area (Å²) in [4.78, 5) is 54.1. The van der Waals surface area contributed by atoms with Crippen molar-refractivity contribution < 1.29 is 81.5 Å². The standard InChI is InChI=1S/C45H76N2O17/c1-15-33-31(22-58-44-43(57-14)42(56-13)38(53)26(5)59-44)18-23(2)16-17-34(51)46-24(3)19-30(20-36(54-11)55-12)39(25(4)32(50)21-35(52)63-33)64-45-41(62-29(8)49)37(47(9)10)40(27(6)60-45)61-28(7)48/h16-18,24-27,30-33,36-45,50,53H,15,19-22H2,1-14H3,(H,46,51)/b17-16+,23-18+/t24?,25?,26-,27-,30?,31?,32?,33?,37+,38-,39?,40-,41+,42+,43-,44-,45+/m1/s1. The summed E-state index contributed by atoms with van der Waals surface area (Å²) >= 11 is 0. The summed E-state index contributed by atoms with van der Waals surface area (Å²) in [6.45, 7) is 13.1. The molecule has 1 amide bonds. The molecular weight excluding hydrogens is 840 g/mol. The van der Waals surface area contributed by atoms with E-state index in [1.807, 2.05) is 26.8 Å². The molecule has 0 radical (unpaired) electrons. The number of allylic oxidation sites excluding steroid dienone is 2. The zero-order chi connectivity index (χ0) is 48.0. The fraction of sp³-hybridized carbons (Fsp3) is 0.822. The summed E-state index contributed by atoms with van der Waals surface area (Å²) in [5, 5.41) is 25.7. The molecule has 0 spiro atoms. The number of esters is 3. The molecule has 17 atom stereocenters. The zero-order valence-corrected chi connectivity index (χ0v) is 40.1. The van der Waals surface area contributed by atoms with Crippen molar-refractivity contribution in [2.24, 2.45) is 17.8 Å². The molecule has 0 aromatic heterocycles. The lowest BCUT2D eigenvalue weighted by Crippen LogP contribution is -2.65. The minimum atomic E-state index is -1.35. The van der Waals surface area contributed by atoms with Gasteiger partial charge in [-0.25, -0.2) is 0 Å². The van der Waals surface area contributed by atoms with Gasteiger partial charge in [-0.15, -0.1) is 0 Å². The Balaban J connectivity index is 2.08. The topological polar surface area (TPSA) is 226 Å². The van der Waals surface area contributed by atoms with Crippen molar-refractivity contribution in [2.45, 2.75) is 173 Å². The highest BCUT2D eigenvalue weighted by molar-refractivity contribution is 5.88. The van der Waals surface area contributed by atoms with E-state index in [1.54, 1.807) is 45.8 Å². The molecule has 19 heteroatoms. The Hall–Kier alpha value is -3.08. The quantitative estimate of drug-likeness (QED) is 0.122. The Kier molecular flexibility index (Phi) is 22.7. The molecule has 3 aliphatic rings. The number of cyclic esters (lactones) is 1. The lowest BCUT2D eigenvalue weighted by atomic mass is 9.81. The van der Waals surface area contributed by atoms with Crippen LogP contribution in [-0.4, -0.2) is 180 Å². The summed E-state index contributed by atoms with van der Waals surface area (Å²) in [5.41, 5.74) is 0.681. The first-order valence-corrected chi connectivity index (χ1v) is 22.1. The van der Waals surface area contributed by atoms with Gasteiger partial charge in [-0.2, -0.15) is 0 Å². The van der Waals surface area contributed by atoms with Crippen LogP contribution >= 0.6 is 0 Å². The summed E-state index contributed by atoms with van der Waals surface area (Å²) in [7, 11) is 9.41. The number of aliphatic hydroxyl groups excluding tert-OH is 2. The van der Waals surface area contributed by atoms with Crippen molar-refractivity contribution >= 4 is 23.8 Å². The summed E-state index contributed by atoms with van der Waals surface area (Å²) in [6, 6.07) is -1.19. The van der Waals surface area contributed by atoms with Crippen LogP contribution in [0.25, 0.3) is 0 Å². The number of methoxy groups -OCH3 is 4. The Morgan fingerprint density at radius 1 is 0.859 bits per heavy atom. The highest BCUT2D eigenvalue weighted by atomic mass is 16.7. The molecule has 2 saturated heterocycles. The lowest BCUT2D eigenvalue weighted by Gasteiger charge is -2.48. The number of rotatable bonds is 15. The number of likely N-dealkylation sites (N-methyl/N-ethyl adjacent to an activating group) is 1. The summed E-state index contributed by atoms with van der Waals surface area (Å²) < 4.78 is 65.7. The third kappa shape index (κ3) is 15.5. The molecule has 7 unspecified atom stereocenters. The maximum absolute atomic E-state index is 13.9. The van der Waals surface area contributed by atoms with E-state index in [0.717, 1.165) is 0 Å². The molecule has 0 saturated carbocycles. The first kappa shape index (κ1) is 55.2. The molecule has 0 aliphatic carbocycles. The van der Waals surface area contributed by atoms with Crippen molar-refractivity contribution in [3.8, 4) is 0 Å². The zero-order valence-electron chi connectivity index (χ0n) is 40.1. The smallest absolute Gasteiger partial charge is 0.308 e. The second-order valence-corrected chi connectivity index (χ2v) is 17.4. The molecule has 0 bridgehead atoms. The van der Waals surface area contributed by atoms with Crippen molar-refractivity contribution in [2.75, 3.05) is 49.1 Å². The predicted molar refractivity (Wildman–Crippen MR) is 230 cm³/mol. The first-order chi connectivity index (χ1) is 30.2. The normalized spacial score (nSPS) is 38.7. The Labute approximate surface area is 378 Å². The lowest BCUT2D eigenvalue weighted by molar-refractivity contribution is -0.309. The van der Waals surface area contributed by atoms with E-state index in [2.05, 4.69) is 5.32 Å². The van der Waals surface area contributed by atoms with Gasteiger partial charge >= 0.3 is 17.9 Å². The SMILES string of the molecule is CCC1OC(=O)CC(O)C(C)C(O[C@@H]2O[C@H](C)[C@@H](OC(C)=O)[C@H](N(C)C)[C@@H]2OC(C)=O)C(CC(OC)OC)CC(C)NC(=O)/C=C/C(C)=C/C1CO[C@@H]1O[C@H](C)[C@@H](O)[C@H](OC)[C@H]1OC. The summed E-state index contributed by atoms with van der Waals surface area (Å²) in [6.07, 6.45) is -6.53. The molecule has 64 heavy (non-hydrogen) atoms. The van der Waals surface area contributed by atoms with Crippen LogP contribution in [0.3, 0.4) is 0 Å². The molecule has 3 N–H and O–H groups in total. The molecule has 368 valence electrons. The van der Waals surface area contributed by atoms with E-state index >= 15 is 0 Å². The molecule has 0 aromatic rings. The monoisotopic (exact) mass is 917 g/mol. The summed E-state index contributed by atoms with van der Waals surface area (Å²) in [5.74, 6) is -4.20. The second-order valence-electron chi connectivity index (χ2n) is 17.4. The van der Waals surface area contributed by atoms with Gasteiger partial charge in [0.15, 0.2) is 25.0 Å². The van der Waals surface area contributed by atoms with E-state index in [-0.39, 0.29) is 25.4 Å². The van der Waals surface area contributed by atoms with Gasteiger partial charge in [0.2, 0.25) is 5.91 Å². The fourth-order valence-electron chi connectivity index (χ4n) is 8.86. The molecule has 3 aliphatic heterocycles. The predicted octanol–water partition coefficient (Wildman–Crippen LogP) is 2.42. The maximum atomic E-state index is 13.9. The third-order valence-electron chi connectivity index (χ3n) is 12.2. The Bertz CT molecular complexity index is 1540. The molecule has 3 heterocycles. The largest absolute Gasteiger partial charge is 0.462 e. The third-order valence-corrected chi connectivity index (χ3v) is 12.2. The van der Waals surface area contributed by atoms with Gasteiger partial charge in [0.1, 0.15) is 30.5 Å². The van der Waals surface area contributed by atoms with Crippen LogP contribution in [0.2, 0.25) is 0 Å². The molecule has 0 aromatic carbocycles. The number of nitrogens with zero attached hydrogens (tertiary/aromatic N) is 1. The maximum Gasteiger partial charge on any atom is 0.308 e. The van der Waals surface area contributed by atoms with Crippen LogP contribution in [0.5, 0.6) is 0 Å². The van der Waals surface area contributed by atoms with E-state index in [9.17, 15) is 29.4 Å². The van der Waals surface area contributed by atoms with E-state index in [1.165, 1.54) is 48.4 Å². The van der Waals surface area contributed by atoms with Gasteiger partial charge in [-0.1, -0.05) is 31.6 Å². The molecular formula is C45H76N2O17. The minimum absolute atomic E-state index is 0.0176. The molecule has 2 fully saturated rings. The highest BCUT2D eigenvalue weighted by Crippen LogP contribution is 2.36. The first-order valence-electron chi connectivity index (χ1n) is 22.1. The van der Waals surface area contributed by atoms with Gasteiger partial charge in [0, 0.05) is 72.7 Å². The van der Waals surface area contributed by atoms with Crippen molar-refractivity contribution in [3.63, 3.8) is 0 Å². The average Bonchev–Trinajstić information content (AvgIpc) is 3.22. The Morgan fingerprint density at radius 3 is 2.03 bits per heavy atom. The number of amides is 1. The molecule has 3 rings (SSSR count).